The van der Waals surface area contributed by atoms with E-state index in [-0.39, 0.29) is 18.1 Å². The van der Waals surface area contributed by atoms with Crippen LogP contribution in [0.5, 0.6) is 5.75 Å². The minimum Gasteiger partial charge on any atom is -0.483 e. The van der Waals surface area contributed by atoms with Crippen molar-refractivity contribution in [3.8, 4) is 5.75 Å². The van der Waals surface area contributed by atoms with E-state index in [1.165, 1.54) is 12.3 Å². The summed E-state index contributed by atoms with van der Waals surface area (Å²) in [6.07, 6.45) is -3.22. The van der Waals surface area contributed by atoms with Crippen molar-refractivity contribution in [3.05, 3.63) is 94.0 Å². The van der Waals surface area contributed by atoms with Crippen LogP contribution in [0.1, 0.15) is 21.5 Å². The van der Waals surface area contributed by atoms with Crippen molar-refractivity contribution < 1.29 is 27.5 Å². The number of ether oxygens (including phenoxy) is 1. The molecular formula is C23H17BrF3N3O3. The van der Waals surface area contributed by atoms with E-state index in [4.69, 9.17) is 4.74 Å². The standard InChI is InChI=1S/C23H17BrF3N3O3/c24-19-11-15(9-10-20(19)33-14-21(31)29-18-7-2-1-3-8-18)13-28-30-22(32)16-5-4-6-17(12-16)23(25,26)27/h1-13H,14H2,(H,29,31)(H,30,32)/b28-13-. The van der Waals surface area contributed by atoms with Gasteiger partial charge in [0.15, 0.2) is 6.61 Å². The number of nitrogens with zero attached hydrogens (tertiary/aromatic N) is 1. The van der Waals surface area contributed by atoms with Gasteiger partial charge in [-0.25, -0.2) is 5.43 Å². The zero-order valence-electron chi connectivity index (χ0n) is 16.9. The van der Waals surface area contributed by atoms with Crippen molar-refractivity contribution >= 4 is 39.6 Å². The molecule has 0 radical (unpaired) electrons. The molecule has 0 aromatic heterocycles. The highest BCUT2D eigenvalue weighted by atomic mass is 79.9. The van der Waals surface area contributed by atoms with Gasteiger partial charge in [0.25, 0.3) is 11.8 Å². The topological polar surface area (TPSA) is 79.8 Å². The summed E-state index contributed by atoms with van der Waals surface area (Å²) in [6.45, 7) is -0.200. The van der Waals surface area contributed by atoms with Crippen LogP contribution < -0.4 is 15.5 Å². The third-order valence-corrected chi connectivity index (χ3v) is 4.82. The van der Waals surface area contributed by atoms with Crippen LogP contribution in [0.3, 0.4) is 0 Å². The van der Waals surface area contributed by atoms with Gasteiger partial charge in [0, 0.05) is 11.3 Å². The molecule has 3 aromatic carbocycles. The van der Waals surface area contributed by atoms with Gasteiger partial charge in [0.1, 0.15) is 5.75 Å². The Morgan fingerprint density at radius 3 is 2.45 bits per heavy atom. The minimum atomic E-state index is -4.54. The van der Waals surface area contributed by atoms with Crippen molar-refractivity contribution in [2.45, 2.75) is 6.18 Å². The van der Waals surface area contributed by atoms with Gasteiger partial charge in [-0.15, -0.1) is 0 Å². The summed E-state index contributed by atoms with van der Waals surface area (Å²) in [6, 6.07) is 17.9. The van der Waals surface area contributed by atoms with Crippen LogP contribution >= 0.6 is 15.9 Å². The number of hydrogen-bond donors (Lipinski definition) is 2. The highest BCUT2D eigenvalue weighted by Gasteiger charge is 2.30. The molecule has 0 atom stereocenters. The Morgan fingerprint density at radius 2 is 1.76 bits per heavy atom. The lowest BCUT2D eigenvalue weighted by Crippen LogP contribution is -2.20. The number of para-hydroxylation sites is 1. The number of hydrogen-bond acceptors (Lipinski definition) is 4. The molecule has 0 unspecified atom stereocenters. The van der Waals surface area contributed by atoms with E-state index in [0.29, 0.717) is 21.5 Å². The number of carbonyl (C=O) groups is 2. The van der Waals surface area contributed by atoms with Gasteiger partial charge in [-0.3, -0.25) is 9.59 Å². The summed E-state index contributed by atoms with van der Waals surface area (Å²) in [5.41, 5.74) is 2.33. The molecule has 0 spiro atoms. The fourth-order valence-electron chi connectivity index (χ4n) is 2.64. The molecule has 2 N–H and O–H groups in total. The van der Waals surface area contributed by atoms with Crippen molar-refractivity contribution in [3.63, 3.8) is 0 Å². The van der Waals surface area contributed by atoms with Crippen LogP contribution in [-0.2, 0) is 11.0 Å². The molecule has 3 rings (SSSR count). The van der Waals surface area contributed by atoms with Crippen molar-refractivity contribution in [1.82, 2.24) is 5.43 Å². The van der Waals surface area contributed by atoms with E-state index in [1.807, 2.05) is 6.07 Å². The van der Waals surface area contributed by atoms with Gasteiger partial charge in [-0.1, -0.05) is 24.3 Å². The molecule has 0 aliphatic heterocycles. The molecule has 3 aromatic rings. The van der Waals surface area contributed by atoms with Crippen molar-refractivity contribution in [2.24, 2.45) is 5.10 Å². The number of amides is 2. The first-order valence-corrected chi connectivity index (χ1v) is 10.3. The van der Waals surface area contributed by atoms with E-state index in [1.54, 1.807) is 42.5 Å². The van der Waals surface area contributed by atoms with Crippen LogP contribution in [0.4, 0.5) is 18.9 Å². The van der Waals surface area contributed by atoms with Crippen LogP contribution in [-0.4, -0.2) is 24.6 Å². The molecule has 170 valence electrons. The van der Waals surface area contributed by atoms with E-state index >= 15 is 0 Å². The predicted octanol–water partition coefficient (Wildman–Crippen LogP) is 5.25. The van der Waals surface area contributed by atoms with Crippen LogP contribution in [0.25, 0.3) is 0 Å². The van der Waals surface area contributed by atoms with E-state index in [9.17, 15) is 22.8 Å². The first-order chi connectivity index (χ1) is 15.7. The smallest absolute Gasteiger partial charge is 0.416 e. The quantitative estimate of drug-likeness (QED) is 0.330. The molecule has 0 saturated carbocycles. The normalized spacial score (nSPS) is 11.3. The Kier molecular flexibility index (Phi) is 7.83. The molecule has 0 saturated heterocycles. The number of halogens is 4. The lowest BCUT2D eigenvalue weighted by atomic mass is 10.1. The lowest BCUT2D eigenvalue weighted by Gasteiger charge is -2.09. The fourth-order valence-corrected chi connectivity index (χ4v) is 3.15. The maximum absolute atomic E-state index is 12.8. The lowest BCUT2D eigenvalue weighted by molar-refractivity contribution is -0.137. The first kappa shape index (κ1) is 24.0. The van der Waals surface area contributed by atoms with E-state index in [2.05, 4.69) is 31.8 Å². The van der Waals surface area contributed by atoms with Gasteiger partial charge >= 0.3 is 6.18 Å². The van der Waals surface area contributed by atoms with Gasteiger partial charge in [0.05, 0.1) is 16.3 Å². The monoisotopic (exact) mass is 519 g/mol. The summed E-state index contributed by atoms with van der Waals surface area (Å²) >= 11 is 3.34. The molecule has 6 nitrogen and oxygen atoms in total. The van der Waals surface area contributed by atoms with Gasteiger partial charge in [-0.2, -0.15) is 18.3 Å². The van der Waals surface area contributed by atoms with Crippen LogP contribution in [0.2, 0.25) is 0 Å². The third-order valence-electron chi connectivity index (χ3n) is 4.20. The Balaban J connectivity index is 1.54. The number of nitrogens with one attached hydrogen (secondary N) is 2. The average molecular weight is 520 g/mol. The molecule has 0 aliphatic carbocycles. The molecule has 33 heavy (non-hydrogen) atoms. The van der Waals surface area contributed by atoms with Crippen LogP contribution in [0.15, 0.2) is 82.4 Å². The number of alkyl halides is 3. The Labute approximate surface area is 195 Å². The fraction of sp³-hybridized carbons (Fsp3) is 0.0870. The second-order valence-electron chi connectivity index (χ2n) is 6.67. The average Bonchev–Trinajstić information content (AvgIpc) is 2.78. The molecule has 0 aliphatic rings. The summed E-state index contributed by atoms with van der Waals surface area (Å²) in [4.78, 5) is 24.0. The SMILES string of the molecule is O=C(COc1ccc(/C=N\NC(=O)c2cccc(C(F)(F)F)c2)cc1Br)Nc1ccccc1. The molecule has 2 amide bonds. The second-order valence-corrected chi connectivity index (χ2v) is 7.52. The van der Waals surface area contributed by atoms with Crippen LogP contribution in [0, 0.1) is 0 Å². The Bertz CT molecular complexity index is 1170. The molecule has 10 heteroatoms. The predicted molar refractivity (Wildman–Crippen MR) is 121 cm³/mol. The first-order valence-electron chi connectivity index (χ1n) is 9.50. The van der Waals surface area contributed by atoms with E-state index < -0.39 is 17.6 Å². The highest BCUT2D eigenvalue weighted by Crippen LogP contribution is 2.29. The van der Waals surface area contributed by atoms with Crippen molar-refractivity contribution in [2.75, 3.05) is 11.9 Å². The Hall–Kier alpha value is -3.66. The van der Waals surface area contributed by atoms with Gasteiger partial charge < -0.3 is 10.1 Å². The zero-order valence-corrected chi connectivity index (χ0v) is 18.5. The number of benzene rings is 3. The number of carbonyl (C=O) groups excluding carboxylic acids is 2. The second kappa shape index (κ2) is 10.8. The molecule has 0 bridgehead atoms. The Morgan fingerprint density at radius 1 is 1.00 bits per heavy atom. The summed E-state index contributed by atoms with van der Waals surface area (Å²) in [5.74, 6) is -0.680. The number of hydrazone groups is 1. The number of rotatable bonds is 7. The maximum Gasteiger partial charge on any atom is 0.416 e. The maximum atomic E-state index is 12.8. The zero-order chi connectivity index (χ0) is 23.8. The van der Waals surface area contributed by atoms with E-state index in [0.717, 1.165) is 18.2 Å². The summed E-state index contributed by atoms with van der Waals surface area (Å²) < 4.78 is 44.4. The molecular weight excluding hydrogens is 503 g/mol. The molecule has 0 heterocycles. The minimum absolute atomic E-state index is 0.166. The van der Waals surface area contributed by atoms with Crippen molar-refractivity contribution in [1.29, 1.82) is 0 Å². The van der Waals surface area contributed by atoms with Gasteiger partial charge in [0.2, 0.25) is 0 Å². The highest BCUT2D eigenvalue weighted by molar-refractivity contribution is 9.10. The molecule has 0 fully saturated rings. The summed E-state index contributed by atoms with van der Waals surface area (Å²) in [7, 11) is 0. The third kappa shape index (κ3) is 7.18. The largest absolute Gasteiger partial charge is 0.483 e. The van der Waals surface area contributed by atoms with Gasteiger partial charge in [-0.05, 0) is 70.0 Å². The number of anilines is 1. The summed E-state index contributed by atoms with van der Waals surface area (Å²) in [5, 5.41) is 6.47.